The van der Waals surface area contributed by atoms with E-state index in [1.165, 1.54) is 11.9 Å². The molecule has 0 atom stereocenters. The Balaban J connectivity index is 1.80. The molecule has 0 N–H and O–H groups in total. The first-order chi connectivity index (χ1) is 13.7. The lowest BCUT2D eigenvalue weighted by atomic mass is 10.1. The number of nitrogens with zero attached hydrogens (tertiary/aromatic N) is 5. The molecule has 0 aliphatic rings. The zero-order valence-electron chi connectivity index (χ0n) is 15.7. The number of rotatable bonds is 4. The maximum absolute atomic E-state index is 5.70. The van der Waals surface area contributed by atoms with Gasteiger partial charge in [0, 0.05) is 24.0 Å². The number of aromatic nitrogens is 5. The van der Waals surface area contributed by atoms with Gasteiger partial charge in [-0.3, -0.25) is 0 Å². The van der Waals surface area contributed by atoms with Crippen molar-refractivity contribution in [1.82, 2.24) is 24.1 Å². The number of methoxy groups -OCH3 is 1. The second-order valence-corrected chi connectivity index (χ2v) is 6.77. The molecule has 6 nitrogen and oxygen atoms in total. The van der Waals surface area contributed by atoms with Crippen molar-refractivity contribution in [3.8, 4) is 17.0 Å². The van der Waals surface area contributed by atoms with E-state index in [9.17, 15) is 0 Å². The third-order valence-electron chi connectivity index (χ3n) is 4.94. The predicted molar refractivity (Wildman–Crippen MR) is 109 cm³/mol. The topological polar surface area (TPSA) is 57.2 Å². The minimum Gasteiger partial charge on any atom is -0.496 e. The molecule has 0 radical (unpaired) electrons. The van der Waals surface area contributed by atoms with Crippen LogP contribution in [0.15, 0.2) is 67.1 Å². The summed E-state index contributed by atoms with van der Waals surface area (Å²) in [6.45, 7) is 2.74. The number of hydrogen-bond donors (Lipinski definition) is 0. The lowest BCUT2D eigenvalue weighted by Gasteiger charge is -2.07. The molecule has 0 saturated heterocycles. The van der Waals surface area contributed by atoms with Gasteiger partial charge < -0.3 is 9.30 Å². The van der Waals surface area contributed by atoms with Crippen LogP contribution >= 0.6 is 0 Å². The molecule has 6 heteroatoms. The first-order valence-corrected chi connectivity index (χ1v) is 9.12. The van der Waals surface area contributed by atoms with Crippen molar-refractivity contribution in [2.75, 3.05) is 7.11 Å². The fourth-order valence-corrected chi connectivity index (χ4v) is 3.72. The fraction of sp³-hybridized carbons (Fsp3) is 0.136. The van der Waals surface area contributed by atoms with Gasteiger partial charge in [-0.2, -0.15) is 14.6 Å². The Morgan fingerprint density at radius 2 is 1.89 bits per heavy atom. The monoisotopic (exact) mass is 369 g/mol. The summed E-state index contributed by atoms with van der Waals surface area (Å²) < 4.78 is 9.73. The minimum absolute atomic E-state index is 0.592. The molecule has 5 aromatic rings. The molecule has 0 amide bonds. The predicted octanol–water partition coefficient (Wildman–Crippen LogP) is 4.11. The van der Waals surface area contributed by atoms with Crippen LogP contribution in [0.2, 0.25) is 0 Å². The Hall–Kier alpha value is -3.67. The van der Waals surface area contributed by atoms with E-state index in [1.54, 1.807) is 11.6 Å². The number of aryl methyl sites for hydroxylation is 1. The zero-order chi connectivity index (χ0) is 19.1. The van der Waals surface area contributed by atoms with Gasteiger partial charge in [-0.05, 0) is 30.7 Å². The molecule has 2 aromatic carbocycles. The van der Waals surface area contributed by atoms with Crippen molar-refractivity contribution in [2.45, 2.75) is 13.5 Å². The Labute approximate surface area is 162 Å². The summed E-state index contributed by atoms with van der Waals surface area (Å²) in [6, 6.07) is 18.6. The van der Waals surface area contributed by atoms with Crippen molar-refractivity contribution >= 4 is 16.7 Å². The Kier molecular flexibility index (Phi) is 3.83. The van der Waals surface area contributed by atoms with Gasteiger partial charge in [-0.1, -0.05) is 36.4 Å². The Morgan fingerprint density at radius 3 is 2.71 bits per heavy atom. The van der Waals surface area contributed by atoms with E-state index in [4.69, 9.17) is 4.74 Å². The molecule has 28 heavy (non-hydrogen) atoms. The van der Waals surface area contributed by atoms with E-state index < -0.39 is 0 Å². The molecule has 3 heterocycles. The molecular weight excluding hydrogens is 350 g/mol. The lowest BCUT2D eigenvalue weighted by Crippen LogP contribution is -1.99. The average Bonchev–Trinajstić information content (AvgIpc) is 3.33. The van der Waals surface area contributed by atoms with Crippen LogP contribution in [0.25, 0.3) is 27.9 Å². The molecule has 0 aliphatic carbocycles. The van der Waals surface area contributed by atoms with Crippen LogP contribution in [0, 0.1) is 6.92 Å². The number of fused-ring (bicyclic) bond motifs is 2. The first kappa shape index (κ1) is 16.5. The highest BCUT2D eigenvalue weighted by Crippen LogP contribution is 2.37. The zero-order valence-corrected chi connectivity index (χ0v) is 15.7. The summed E-state index contributed by atoms with van der Waals surface area (Å²) in [5.41, 5.74) is 5.24. The van der Waals surface area contributed by atoms with Crippen LogP contribution in [0.5, 0.6) is 5.75 Å². The molecule has 0 saturated carbocycles. The summed E-state index contributed by atoms with van der Waals surface area (Å²) in [5.74, 6) is 1.43. The number of ether oxygens (including phenoxy) is 1. The van der Waals surface area contributed by atoms with E-state index in [-0.39, 0.29) is 0 Å². The SMILES string of the molecule is COc1cccc2c1c(-c1cc(C)nc3ncnn13)cn2Cc1ccccc1. The van der Waals surface area contributed by atoms with Crippen LogP contribution in [0.3, 0.4) is 0 Å². The van der Waals surface area contributed by atoms with Crippen molar-refractivity contribution < 1.29 is 4.74 Å². The van der Waals surface area contributed by atoms with Crippen LogP contribution in [0.1, 0.15) is 11.3 Å². The maximum atomic E-state index is 5.70. The van der Waals surface area contributed by atoms with E-state index in [1.807, 2.05) is 31.2 Å². The summed E-state index contributed by atoms with van der Waals surface area (Å²) in [7, 11) is 1.70. The van der Waals surface area contributed by atoms with Crippen molar-refractivity contribution in [3.05, 3.63) is 78.4 Å². The van der Waals surface area contributed by atoms with E-state index in [2.05, 4.69) is 56.2 Å². The van der Waals surface area contributed by atoms with Crippen molar-refractivity contribution in [3.63, 3.8) is 0 Å². The summed E-state index contributed by atoms with van der Waals surface area (Å²) in [4.78, 5) is 8.74. The molecule has 138 valence electrons. The Bertz CT molecular complexity index is 1290. The van der Waals surface area contributed by atoms with Gasteiger partial charge in [0.1, 0.15) is 12.1 Å². The highest BCUT2D eigenvalue weighted by Gasteiger charge is 2.18. The van der Waals surface area contributed by atoms with Gasteiger partial charge >= 0.3 is 0 Å². The van der Waals surface area contributed by atoms with Gasteiger partial charge in [0.05, 0.1) is 23.7 Å². The molecular formula is C22H19N5O. The van der Waals surface area contributed by atoms with Crippen molar-refractivity contribution in [2.24, 2.45) is 0 Å². The molecule has 0 fully saturated rings. The van der Waals surface area contributed by atoms with Gasteiger partial charge in [-0.15, -0.1) is 0 Å². The molecule has 3 aromatic heterocycles. The average molecular weight is 369 g/mol. The maximum Gasteiger partial charge on any atom is 0.252 e. The third kappa shape index (κ3) is 2.62. The molecule has 0 bridgehead atoms. The van der Waals surface area contributed by atoms with Gasteiger partial charge in [0.2, 0.25) is 0 Å². The largest absolute Gasteiger partial charge is 0.496 e. The summed E-state index contributed by atoms with van der Waals surface area (Å²) in [6.07, 6.45) is 3.70. The molecule has 0 unspecified atom stereocenters. The van der Waals surface area contributed by atoms with Crippen molar-refractivity contribution in [1.29, 1.82) is 0 Å². The van der Waals surface area contributed by atoms with Crippen LogP contribution < -0.4 is 4.74 Å². The highest BCUT2D eigenvalue weighted by molar-refractivity contribution is 6.00. The Morgan fingerprint density at radius 1 is 1.04 bits per heavy atom. The first-order valence-electron chi connectivity index (χ1n) is 9.12. The standard InChI is InChI=1S/C22H19N5O/c1-15-11-19(27-22(25-15)23-14-24-27)17-13-26(12-16-7-4-3-5-8-16)18-9-6-10-20(28-2)21(17)18/h3-11,13-14H,12H2,1-2H3. The normalized spacial score (nSPS) is 11.4. The van der Waals surface area contributed by atoms with Crippen LogP contribution in [0.4, 0.5) is 0 Å². The third-order valence-corrected chi connectivity index (χ3v) is 4.94. The van der Waals surface area contributed by atoms with Gasteiger partial charge in [-0.25, -0.2) is 4.98 Å². The van der Waals surface area contributed by atoms with Crippen LogP contribution in [-0.4, -0.2) is 31.3 Å². The summed E-state index contributed by atoms with van der Waals surface area (Å²) in [5, 5.41) is 5.44. The molecule has 0 aliphatic heterocycles. The fourth-order valence-electron chi connectivity index (χ4n) is 3.72. The summed E-state index contributed by atoms with van der Waals surface area (Å²) >= 11 is 0. The number of hydrogen-bond acceptors (Lipinski definition) is 4. The lowest BCUT2D eigenvalue weighted by molar-refractivity contribution is 0.420. The highest BCUT2D eigenvalue weighted by atomic mass is 16.5. The number of benzene rings is 2. The second kappa shape index (κ2) is 6.49. The smallest absolute Gasteiger partial charge is 0.252 e. The quantitative estimate of drug-likeness (QED) is 0.478. The molecule has 5 rings (SSSR count). The molecule has 0 spiro atoms. The minimum atomic E-state index is 0.592. The van der Waals surface area contributed by atoms with Crippen LogP contribution in [-0.2, 0) is 6.54 Å². The van der Waals surface area contributed by atoms with Gasteiger partial charge in [0.15, 0.2) is 0 Å². The van der Waals surface area contributed by atoms with E-state index in [0.717, 1.165) is 40.1 Å². The van der Waals surface area contributed by atoms with Gasteiger partial charge in [0.25, 0.3) is 5.78 Å². The van der Waals surface area contributed by atoms with E-state index in [0.29, 0.717) is 5.78 Å². The van der Waals surface area contributed by atoms with E-state index >= 15 is 0 Å². The second-order valence-electron chi connectivity index (χ2n) is 6.77.